The number of H-pyrrole nitrogens is 1. The van der Waals surface area contributed by atoms with Gasteiger partial charge in [-0.1, -0.05) is 36.8 Å². The van der Waals surface area contributed by atoms with Crippen LogP contribution >= 0.6 is 0 Å². The van der Waals surface area contributed by atoms with Gasteiger partial charge in [-0.3, -0.25) is 9.59 Å². The Morgan fingerprint density at radius 3 is 2.22 bits per heavy atom. The summed E-state index contributed by atoms with van der Waals surface area (Å²) in [5.41, 5.74) is 4.81. The van der Waals surface area contributed by atoms with Gasteiger partial charge in [-0.05, 0) is 45.2 Å². The molecular formula is C19H24N2O2. The van der Waals surface area contributed by atoms with Crippen LogP contribution in [0.3, 0.4) is 0 Å². The number of hydrogen-bond acceptors (Lipinski definition) is 2. The van der Waals surface area contributed by atoms with Crippen molar-refractivity contribution in [2.45, 2.75) is 47.1 Å². The van der Waals surface area contributed by atoms with Gasteiger partial charge in [0.2, 0.25) is 0 Å². The van der Waals surface area contributed by atoms with Crippen molar-refractivity contribution in [1.82, 2.24) is 10.3 Å². The molecule has 1 aromatic heterocycles. The molecule has 1 amide bonds. The summed E-state index contributed by atoms with van der Waals surface area (Å²) in [6.07, 6.45) is 0.799. The lowest BCUT2D eigenvalue weighted by molar-refractivity contribution is 0.0930. The Morgan fingerprint density at radius 2 is 1.74 bits per heavy atom. The third kappa shape index (κ3) is 3.52. The average Bonchev–Trinajstić information content (AvgIpc) is 2.80. The number of aromatic amines is 1. The quantitative estimate of drug-likeness (QED) is 0.819. The molecule has 0 fully saturated rings. The molecule has 0 saturated carbocycles. The van der Waals surface area contributed by atoms with E-state index in [0.29, 0.717) is 16.8 Å². The zero-order chi connectivity index (χ0) is 17.1. The van der Waals surface area contributed by atoms with Crippen LogP contribution in [-0.2, 0) is 0 Å². The van der Waals surface area contributed by atoms with Crippen molar-refractivity contribution >= 4 is 11.7 Å². The van der Waals surface area contributed by atoms with Gasteiger partial charge in [-0.15, -0.1) is 0 Å². The number of aromatic nitrogens is 1. The number of hydrogen-bond donors (Lipinski definition) is 2. The number of aryl methyl sites for hydroxylation is 2. The molecule has 0 radical (unpaired) electrons. The minimum absolute atomic E-state index is 0.0270. The summed E-state index contributed by atoms with van der Waals surface area (Å²) in [5, 5.41) is 3.06. The molecule has 122 valence electrons. The SMILES string of the molecule is CC[C@@H](NC(=O)c1[nH]c(C)c(C(C)=O)c1C)c1ccc(C)cc1. The van der Waals surface area contributed by atoms with E-state index in [0.717, 1.165) is 17.7 Å². The van der Waals surface area contributed by atoms with E-state index in [1.165, 1.54) is 12.5 Å². The molecule has 2 N–H and O–H groups in total. The fourth-order valence-corrected chi connectivity index (χ4v) is 2.96. The van der Waals surface area contributed by atoms with E-state index < -0.39 is 0 Å². The van der Waals surface area contributed by atoms with E-state index >= 15 is 0 Å². The van der Waals surface area contributed by atoms with Gasteiger partial charge in [-0.25, -0.2) is 0 Å². The Hall–Kier alpha value is -2.36. The van der Waals surface area contributed by atoms with Crippen LogP contribution in [0.15, 0.2) is 24.3 Å². The molecule has 1 aromatic carbocycles. The lowest BCUT2D eigenvalue weighted by atomic mass is 10.0. The largest absolute Gasteiger partial charge is 0.354 e. The smallest absolute Gasteiger partial charge is 0.268 e. The predicted octanol–water partition coefficient (Wildman–Crippen LogP) is 4.02. The first kappa shape index (κ1) is 17.0. The van der Waals surface area contributed by atoms with Crippen molar-refractivity contribution in [3.63, 3.8) is 0 Å². The lowest BCUT2D eigenvalue weighted by Gasteiger charge is -2.17. The standard InChI is InChI=1S/C19H24N2O2/c1-6-16(15-9-7-11(2)8-10-15)21-19(23)18-12(3)17(14(5)22)13(4)20-18/h7-10,16,20H,6H2,1-5H3,(H,21,23)/t16-/m1/s1. The van der Waals surface area contributed by atoms with Gasteiger partial charge < -0.3 is 10.3 Å². The minimum atomic E-state index is -0.175. The molecule has 0 unspecified atom stereocenters. The van der Waals surface area contributed by atoms with E-state index in [1.54, 1.807) is 0 Å². The second kappa shape index (κ2) is 6.82. The second-order valence-electron chi connectivity index (χ2n) is 6.03. The number of benzene rings is 1. The predicted molar refractivity (Wildman–Crippen MR) is 91.9 cm³/mol. The Labute approximate surface area is 137 Å². The number of ketones is 1. The molecule has 1 atom stereocenters. The Kier molecular flexibility index (Phi) is 5.04. The monoisotopic (exact) mass is 312 g/mol. The molecule has 2 aromatic rings. The van der Waals surface area contributed by atoms with Crippen molar-refractivity contribution < 1.29 is 9.59 Å². The average molecular weight is 312 g/mol. The van der Waals surface area contributed by atoms with Crippen LogP contribution < -0.4 is 5.32 Å². The fraction of sp³-hybridized carbons (Fsp3) is 0.368. The highest BCUT2D eigenvalue weighted by Gasteiger charge is 2.21. The zero-order valence-electron chi connectivity index (χ0n) is 14.4. The summed E-state index contributed by atoms with van der Waals surface area (Å²) < 4.78 is 0. The van der Waals surface area contributed by atoms with E-state index in [-0.39, 0.29) is 17.7 Å². The Bertz CT molecular complexity index is 727. The molecule has 0 aliphatic carbocycles. The third-order valence-corrected chi connectivity index (χ3v) is 4.21. The van der Waals surface area contributed by atoms with Crippen LogP contribution in [-0.4, -0.2) is 16.7 Å². The molecule has 4 heteroatoms. The molecule has 0 spiro atoms. The van der Waals surface area contributed by atoms with E-state index in [9.17, 15) is 9.59 Å². The fourth-order valence-electron chi connectivity index (χ4n) is 2.96. The minimum Gasteiger partial charge on any atom is -0.354 e. The van der Waals surface area contributed by atoms with Gasteiger partial charge in [0.15, 0.2) is 5.78 Å². The summed E-state index contributed by atoms with van der Waals surface area (Å²) >= 11 is 0. The maximum atomic E-state index is 12.6. The highest BCUT2D eigenvalue weighted by molar-refractivity contribution is 6.02. The molecule has 0 bridgehead atoms. The summed E-state index contributed by atoms with van der Waals surface area (Å²) in [6.45, 7) is 9.22. The van der Waals surface area contributed by atoms with Crippen LogP contribution in [0.1, 0.15) is 69.5 Å². The van der Waals surface area contributed by atoms with Crippen LogP contribution in [0.2, 0.25) is 0 Å². The van der Waals surface area contributed by atoms with Gasteiger partial charge >= 0.3 is 0 Å². The van der Waals surface area contributed by atoms with Gasteiger partial charge in [0.25, 0.3) is 5.91 Å². The molecule has 23 heavy (non-hydrogen) atoms. The van der Waals surface area contributed by atoms with Crippen molar-refractivity contribution in [3.8, 4) is 0 Å². The normalized spacial score (nSPS) is 12.0. The molecule has 4 nitrogen and oxygen atoms in total. The summed E-state index contributed by atoms with van der Waals surface area (Å²) in [4.78, 5) is 27.4. The number of carbonyl (C=O) groups excluding carboxylic acids is 2. The molecule has 2 rings (SSSR count). The van der Waals surface area contributed by atoms with Crippen LogP contribution in [0.5, 0.6) is 0 Å². The van der Waals surface area contributed by atoms with Crippen LogP contribution in [0, 0.1) is 20.8 Å². The second-order valence-corrected chi connectivity index (χ2v) is 6.03. The molecule has 0 aliphatic heterocycles. The zero-order valence-corrected chi connectivity index (χ0v) is 14.4. The third-order valence-electron chi connectivity index (χ3n) is 4.21. The van der Waals surface area contributed by atoms with Gasteiger partial charge in [-0.2, -0.15) is 0 Å². The number of Topliss-reactive ketones (excluding diaryl/α,β-unsaturated/α-hetero) is 1. The first-order valence-electron chi connectivity index (χ1n) is 7.92. The highest BCUT2D eigenvalue weighted by atomic mass is 16.2. The summed E-state index contributed by atoms with van der Waals surface area (Å²) in [7, 11) is 0. The molecule has 0 aliphatic rings. The van der Waals surface area contributed by atoms with Crippen molar-refractivity contribution in [1.29, 1.82) is 0 Å². The number of carbonyl (C=O) groups is 2. The first-order chi connectivity index (χ1) is 10.8. The topological polar surface area (TPSA) is 62.0 Å². The number of amides is 1. The number of nitrogens with one attached hydrogen (secondary N) is 2. The maximum Gasteiger partial charge on any atom is 0.268 e. The molecule has 0 saturated heterocycles. The van der Waals surface area contributed by atoms with E-state index in [2.05, 4.69) is 10.3 Å². The number of rotatable bonds is 5. The van der Waals surface area contributed by atoms with Crippen LogP contribution in [0.25, 0.3) is 0 Å². The van der Waals surface area contributed by atoms with E-state index in [1.807, 2.05) is 52.0 Å². The first-order valence-corrected chi connectivity index (χ1v) is 7.92. The van der Waals surface area contributed by atoms with Gasteiger partial charge in [0.1, 0.15) is 5.69 Å². The van der Waals surface area contributed by atoms with Crippen molar-refractivity contribution in [2.75, 3.05) is 0 Å². The van der Waals surface area contributed by atoms with Crippen molar-refractivity contribution in [2.24, 2.45) is 0 Å². The van der Waals surface area contributed by atoms with Gasteiger partial charge in [0.05, 0.1) is 6.04 Å². The maximum absolute atomic E-state index is 12.6. The van der Waals surface area contributed by atoms with Gasteiger partial charge in [0, 0.05) is 11.3 Å². The van der Waals surface area contributed by atoms with E-state index in [4.69, 9.17) is 0 Å². The summed E-state index contributed by atoms with van der Waals surface area (Å²) in [5.74, 6) is -0.202. The Morgan fingerprint density at radius 1 is 1.13 bits per heavy atom. The highest BCUT2D eigenvalue weighted by Crippen LogP contribution is 2.21. The summed E-state index contributed by atoms with van der Waals surface area (Å²) in [6, 6.07) is 8.12. The van der Waals surface area contributed by atoms with Crippen LogP contribution in [0.4, 0.5) is 0 Å². The molecule has 1 heterocycles. The molecular weight excluding hydrogens is 288 g/mol. The lowest BCUT2D eigenvalue weighted by Crippen LogP contribution is -2.29. The van der Waals surface area contributed by atoms with Crippen molar-refractivity contribution in [3.05, 3.63) is 57.9 Å². The Balaban J connectivity index is 2.25.